The van der Waals surface area contributed by atoms with Crippen LogP contribution in [0.4, 0.5) is 10.1 Å². The third kappa shape index (κ3) is 2.03. The number of halogens is 1. The topological polar surface area (TPSA) is 71.8 Å². The SMILES string of the molecule is O=[N+]([O-])c1cc(F)cc(-c2nc3ccccc3[nH]2)c1. The molecule has 0 atom stereocenters. The summed E-state index contributed by atoms with van der Waals surface area (Å²) in [5, 5.41) is 10.7. The van der Waals surface area contributed by atoms with Gasteiger partial charge in [0, 0.05) is 11.6 Å². The maximum Gasteiger partial charge on any atom is 0.273 e. The van der Waals surface area contributed by atoms with Crippen LogP contribution >= 0.6 is 0 Å². The van der Waals surface area contributed by atoms with Crippen LogP contribution in [0.15, 0.2) is 42.5 Å². The smallest absolute Gasteiger partial charge is 0.273 e. The quantitative estimate of drug-likeness (QED) is 0.565. The van der Waals surface area contributed by atoms with Crippen molar-refractivity contribution in [1.82, 2.24) is 9.97 Å². The van der Waals surface area contributed by atoms with E-state index in [4.69, 9.17) is 0 Å². The van der Waals surface area contributed by atoms with Crippen molar-refractivity contribution >= 4 is 16.7 Å². The molecule has 0 fully saturated rings. The monoisotopic (exact) mass is 257 g/mol. The van der Waals surface area contributed by atoms with E-state index in [9.17, 15) is 14.5 Å². The van der Waals surface area contributed by atoms with Crippen molar-refractivity contribution in [3.05, 3.63) is 58.4 Å². The van der Waals surface area contributed by atoms with E-state index in [1.165, 1.54) is 12.1 Å². The first-order valence-electron chi connectivity index (χ1n) is 5.53. The van der Waals surface area contributed by atoms with Crippen LogP contribution in [-0.4, -0.2) is 14.9 Å². The second-order valence-electron chi connectivity index (χ2n) is 4.06. The molecule has 0 saturated heterocycles. The Hall–Kier alpha value is -2.76. The summed E-state index contributed by atoms with van der Waals surface area (Å²) in [6.07, 6.45) is 0. The Bertz CT molecular complexity index is 749. The number of hydrogen-bond donors (Lipinski definition) is 1. The summed E-state index contributed by atoms with van der Waals surface area (Å²) < 4.78 is 13.4. The lowest BCUT2D eigenvalue weighted by Gasteiger charge is -1.98. The molecule has 0 aliphatic heterocycles. The van der Waals surface area contributed by atoms with Crippen molar-refractivity contribution < 1.29 is 9.31 Å². The second-order valence-corrected chi connectivity index (χ2v) is 4.06. The van der Waals surface area contributed by atoms with Crippen molar-refractivity contribution in [2.24, 2.45) is 0 Å². The van der Waals surface area contributed by atoms with Crippen LogP contribution in [-0.2, 0) is 0 Å². The van der Waals surface area contributed by atoms with Gasteiger partial charge in [0.15, 0.2) is 0 Å². The van der Waals surface area contributed by atoms with Crippen LogP contribution in [0.25, 0.3) is 22.4 Å². The summed E-state index contributed by atoms with van der Waals surface area (Å²) >= 11 is 0. The molecule has 5 nitrogen and oxygen atoms in total. The van der Waals surface area contributed by atoms with Crippen molar-refractivity contribution in [2.75, 3.05) is 0 Å². The lowest BCUT2D eigenvalue weighted by molar-refractivity contribution is -0.385. The third-order valence-electron chi connectivity index (χ3n) is 2.76. The van der Waals surface area contributed by atoms with Gasteiger partial charge in [0.1, 0.15) is 11.6 Å². The molecule has 3 aromatic rings. The van der Waals surface area contributed by atoms with E-state index in [0.717, 1.165) is 17.1 Å². The molecule has 0 aliphatic rings. The Morgan fingerprint density at radius 2 is 2.00 bits per heavy atom. The van der Waals surface area contributed by atoms with Gasteiger partial charge in [0.25, 0.3) is 5.69 Å². The van der Waals surface area contributed by atoms with Crippen molar-refractivity contribution in [3.63, 3.8) is 0 Å². The summed E-state index contributed by atoms with van der Waals surface area (Å²) in [4.78, 5) is 17.4. The minimum absolute atomic E-state index is 0.296. The standard InChI is InChI=1S/C13H8FN3O2/c14-9-5-8(6-10(7-9)17(18)19)13-15-11-3-1-2-4-12(11)16-13/h1-7H,(H,15,16). The normalized spacial score (nSPS) is 10.8. The summed E-state index contributed by atoms with van der Waals surface area (Å²) in [7, 11) is 0. The zero-order valence-corrected chi connectivity index (χ0v) is 9.63. The minimum atomic E-state index is -0.662. The number of nitro benzene ring substituents is 1. The molecular formula is C13H8FN3O2. The molecule has 94 valence electrons. The molecule has 0 spiro atoms. The van der Waals surface area contributed by atoms with Crippen molar-refractivity contribution in [2.45, 2.75) is 0 Å². The number of imidazole rings is 1. The largest absolute Gasteiger partial charge is 0.338 e. The Morgan fingerprint density at radius 3 is 2.74 bits per heavy atom. The third-order valence-corrected chi connectivity index (χ3v) is 2.76. The molecule has 6 heteroatoms. The summed E-state index contributed by atoms with van der Waals surface area (Å²) in [6.45, 7) is 0. The Labute approximate surface area is 106 Å². The van der Waals surface area contributed by atoms with E-state index in [0.29, 0.717) is 11.4 Å². The first-order valence-corrected chi connectivity index (χ1v) is 5.53. The van der Waals surface area contributed by atoms with Gasteiger partial charge in [-0.15, -0.1) is 0 Å². The summed E-state index contributed by atoms with van der Waals surface area (Å²) in [6, 6.07) is 10.7. The fourth-order valence-corrected chi connectivity index (χ4v) is 1.91. The molecule has 19 heavy (non-hydrogen) atoms. The van der Waals surface area contributed by atoms with E-state index in [1.54, 1.807) is 0 Å². The first kappa shape index (κ1) is 11.3. The zero-order valence-electron chi connectivity index (χ0n) is 9.63. The highest BCUT2D eigenvalue weighted by atomic mass is 19.1. The predicted molar refractivity (Wildman–Crippen MR) is 68.1 cm³/mol. The van der Waals surface area contributed by atoms with Gasteiger partial charge in [0.2, 0.25) is 0 Å². The number of fused-ring (bicyclic) bond motifs is 1. The lowest BCUT2D eigenvalue weighted by atomic mass is 10.2. The summed E-state index contributed by atoms with van der Waals surface area (Å²) in [5.41, 5.74) is 1.58. The van der Waals surface area contributed by atoms with Gasteiger partial charge in [0.05, 0.1) is 22.0 Å². The average Bonchev–Trinajstić information content (AvgIpc) is 2.81. The number of benzene rings is 2. The highest BCUT2D eigenvalue weighted by Gasteiger charge is 2.13. The van der Waals surface area contributed by atoms with Gasteiger partial charge in [-0.2, -0.15) is 0 Å². The van der Waals surface area contributed by atoms with E-state index in [-0.39, 0.29) is 5.69 Å². The molecule has 3 rings (SSSR count). The number of H-pyrrole nitrogens is 1. The number of para-hydroxylation sites is 2. The maximum absolute atomic E-state index is 13.4. The van der Waals surface area contributed by atoms with Crippen LogP contribution in [0.1, 0.15) is 0 Å². The molecule has 1 heterocycles. The van der Waals surface area contributed by atoms with Crippen molar-refractivity contribution in [1.29, 1.82) is 0 Å². The van der Waals surface area contributed by atoms with Crippen LogP contribution in [0.3, 0.4) is 0 Å². The van der Waals surface area contributed by atoms with Crippen LogP contribution in [0.2, 0.25) is 0 Å². The van der Waals surface area contributed by atoms with Crippen LogP contribution < -0.4 is 0 Å². The van der Waals surface area contributed by atoms with Crippen molar-refractivity contribution in [3.8, 4) is 11.4 Å². The Balaban J connectivity index is 2.17. The number of non-ortho nitro benzene ring substituents is 1. The number of rotatable bonds is 2. The lowest BCUT2D eigenvalue weighted by Crippen LogP contribution is -1.91. The molecule has 0 bridgehead atoms. The number of aromatic amines is 1. The van der Waals surface area contributed by atoms with E-state index in [1.807, 2.05) is 24.3 Å². The molecule has 0 amide bonds. The molecular weight excluding hydrogens is 249 g/mol. The molecule has 2 aromatic carbocycles. The van der Waals surface area contributed by atoms with Gasteiger partial charge in [-0.25, -0.2) is 9.37 Å². The van der Waals surface area contributed by atoms with E-state index >= 15 is 0 Å². The van der Waals surface area contributed by atoms with Crippen LogP contribution in [0.5, 0.6) is 0 Å². The fourth-order valence-electron chi connectivity index (χ4n) is 1.91. The maximum atomic E-state index is 13.4. The van der Waals surface area contributed by atoms with E-state index in [2.05, 4.69) is 9.97 Å². The minimum Gasteiger partial charge on any atom is -0.338 e. The van der Waals surface area contributed by atoms with Gasteiger partial charge >= 0.3 is 0 Å². The van der Waals surface area contributed by atoms with Crippen LogP contribution in [0, 0.1) is 15.9 Å². The van der Waals surface area contributed by atoms with Gasteiger partial charge < -0.3 is 4.98 Å². The number of hydrogen-bond acceptors (Lipinski definition) is 3. The number of nitro groups is 1. The van der Waals surface area contributed by atoms with Gasteiger partial charge in [-0.05, 0) is 18.2 Å². The molecule has 1 N–H and O–H groups in total. The number of nitrogens with one attached hydrogen (secondary N) is 1. The van der Waals surface area contributed by atoms with Gasteiger partial charge in [-0.3, -0.25) is 10.1 Å². The predicted octanol–water partition coefficient (Wildman–Crippen LogP) is 3.28. The Morgan fingerprint density at radius 1 is 1.21 bits per heavy atom. The zero-order chi connectivity index (χ0) is 13.4. The van der Waals surface area contributed by atoms with Gasteiger partial charge in [-0.1, -0.05) is 12.1 Å². The molecule has 0 saturated carbocycles. The highest BCUT2D eigenvalue weighted by Crippen LogP contribution is 2.25. The summed E-state index contributed by atoms with van der Waals surface area (Å²) in [5.74, 6) is -0.256. The average molecular weight is 257 g/mol. The Kier molecular flexibility index (Phi) is 2.49. The first-order chi connectivity index (χ1) is 9.13. The fraction of sp³-hybridized carbons (Fsp3) is 0. The molecule has 0 unspecified atom stereocenters. The van der Waals surface area contributed by atoms with E-state index < -0.39 is 10.7 Å². The highest BCUT2D eigenvalue weighted by molar-refractivity contribution is 5.79. The second kappa shape index (κ2) is 4.16. The molecule has 1 aromatic heterocycles. The molecule has 0 aliphatic carbocycles. The number of aromatic nitrogens is 2. The molecule has 0 radical (unpaired) electrons. The number of nitrogens with zero attached hydrogens (tertiary/aromatic N) is 2.